The Morgan fingerprint density at radius 1 is 0.862 bits per heavy atom. The molecule has 0 aliphatic rings. The van der Waals surface area contributed by atoms with E-state index in [0.29, 0.717) is 16.8 Å². The largest absolute Gasteiger partial charge is 0.366 e. The Balaban J connectivity index is 1.80. The van der Waals surface area contributed by atoms with Crippen molar-refractivity contribution in [3.8, 4) is 11.3 Å². The Morgan fingerprint density at radius 2 is 1.52 bits per heavy atom. The molecule has 0 saturated heterocycles. The van der Waals surface area contributed by atoms with Crippen LogP contribution in [0.2, 0.25) is 0 Å². The summed E-state index contributed by atoms with van der Waals surface area (Å²) in [7, 11) is 0. The van der Waals surface area contributed by atoms with Crippen LogP contribution in [0.1, 0.15) is 26.3 Å². The number of carbonyl (C=O) groups is 2. The summed E-state index contributed by atoms with van der Waals surface area (Å²) < 4.78 is 0. The molecule has 0 aliphatic carbocycles. The molecule has 5 heteroatoms. The van der Waals surface area contributed by atoms with Crippen molar-refractivity contribution in [3.05, 3.63) is 95.6 Å². The number of para-hydroxylation sites is 1. The fourth-order valence-corrected chi connectivity index (χ4v) is 3.39. The average Bonchev–Trinajstić information content (AvgIpc) is 2.74. The molecule has 4 aromatic rings. The molecular formula is C24H19N3O2. The number of primary amides is 1. The first kappa shape index (κ1) is 18.4. The summed E-state index contributed by atoms with van der Waals surface area (Å²) in [5.74, 6) is -0.739. The highest BCUT2D eigenvalue weighted by molar-refractivity contribution is 6.14. The number of aromatic nitrogens is 1. The van der Waals surface area contributed by atoms with Gasteiger partial charge in [-0.05, 0) is 42.8 Å². The molecule has 0 bridgehead atoms. The SMILES string of the molecule is Cc1c(-c2ccccc2)nc2ccccc2c1C(=O)Nc1ccc(C(N)=O)cc1. The van der Waals surface area contributed by atoms with Crippen molar-refractivity contribution in [3.63, 3.8) is 0 Å². The van der Waals surface area contributed by atoms with Crippen molar-refractivity contribution in [1.82, 2.24) is 4.98 Å². The van der Waals surface area contributed by atoms with Gasteiger partial charge in [0.15, 0.2) is 0 Å². The first-order valence-corrected chi connectivity index (χ1v) is 9.20. The second-order valence-electron chi connectivity index (χ2n) is 6.74. The Bertz CT molecular complexity index is 1220. The van der Waals surface area contributed by atoms with Gasteiger partial charge in [0, 0.05) is 22.2 Å². The van der Waals surface area contributed by atoms with Gasteiger partial charge < -0.3 is 11.1 Å². The van der Waals surface area contributed by atoms with Crippen molar-refractivity contribution < 1.29 is 9.59 Å². The number of anilines is 1. The van der Waals surface area contributed by atoms with Crippen LogP contribution in [0, 0.1) is 6.92 Å². The average molecular weight is 381 g/mol. The number of nitrogens with zero attached hydrogens (tertiary/aromatic N) is 1. The molecule has 1 heterocycles. The van der Waals surface area contributed by atoms with Crippen LogP contribution >= 0.6 is 0 Å². The third-order valence-electron chi connectivity index (χ3n) is 4.84. The molecule has 0 unspecified atom stereocenters. The molecule has 0 spiro atoms. The third-order valence-corrected chi connectivity index (χ3v) is 4.84. The summed E-state index contributed by atoms with van der Waals surface area (Å²) >= 11 is 0. The van der Waals surface area contributed by atoms with E-state index in [9.17, 15) is 9.59 Å². The topological polar surface area (TPSA) is 85.1 Å². The second-order valence-corrected chi connectivity index (χ2v) is 6.74. The van der Waals surface area contributed by atoms with E-state index in [4.69, 9.17) is 10.7 Å². The predicted octanol–water partition coefficient (Wildman–Crippen LogP) is 4.56. The van der Waals surface area contributed by atoms with E-state index in [1.54, 1.807) is 24.3 Å². The maximum atomic E-state index is 13.2. The summed E-state index contributed by atoms with van der Waals surface area (Å²) in [6.45, 7) is 1.91. The molecule has 1 aromatic heterocycles. The molecule has 0 aliphatic heterocycles. The first-order valence-electron chi connectivity index (χ1n) is 9.20. The quantitative estimate of drug-likeness (QED) is 0.543. The van der Waals surface area contributed by atoms with E-state index < -0.39 is 5.91 Å². The number of hydrogen-bond acceptors (Lipinski definition) is 3. The minimum Gasteiger partial charge on any atom is -0.366 e. The summed E-state index contributed by atoms with van der Waals surface area (Å²) in [4.78, 5) is 29.3. The van der Waals surface area contributed by atoms with Gasteiger partial charge >= 0.3 is 0 Å². The van der Waals surface area contributed by atoms with E-state index >= 15 is 0 Å². The highest BCUT2D eigenvalue weighted by Gasteiger charge is 2.19. The van der Waals surface area contributed by atoms with Crippen LogP contribution in [0.3, 0.4) is 0 Å². The fraction of sp³-hybridized carbons (Fsp3) is 0.0417. The number of nitrogens with one attached hydrogen (secondary N) is 1. The predicted molar refractivity (Wildman–Crippen MR) is 115 cm³/mol. The Morgan fingerprint density at radius 3 is 2.21 bits per heavy atom. The van der Waals surface area contributed by atoms with Crippen LogP contribution in [0.5, 0.6) is 0 Å². The van der Waals surface area contributed by atoms with Gasteiger partial charge in [-0.2, -0.15) is 0 Å². The van der Waals surface area contributed by atoms with Gasteiger partial charge in [-0.15, -0.1) is 0 Å². The van der Waals surface area contributed by atoms with Gasteiger partial charge in [0.2, 0.25) is 5.91 Å². The van der Waals surface area contributed by atoms with Crippen LogP contribution in [0.15, 0.2) is 78.9 Å². The monoisotopic (exact) mass is 381 g/mol. The molecule has 0 radical (unpaired) electrons. The van der Waals surface area contributed by atoms with E-state index in [1.807, 2.05) is 61.5 Å². The van der Waals surface area contributed by atoms with Crippen LogP contribution in [-0.2, 0) is 0 Å². The summed E-state index contributed by atoms with van der Waals surface area (Å²) in [6.07, 6.45) is 0. The standard InChI is InChI=1S/C24H19N3O2/c1-15-21(24(29)26-18-13-11-17(12-14-18)23(25)28)19-9-5-6-10-20(19)27-22(15)16-7-3-2-4-8-16/h2-14H,1H3,(H2,25,28)(H,26,29). The van der Waals surface area contributed by atoms with Gasteiger partial charge in [0.05, 0.1) is 16.8 Å². The van der Waals surface area contributed by atoms with Crippen molar-refractivity contribution in [2.75, 3.05) is 5.32 Å². The fourth-order valence-electron chi connectivity index (χ4n) is 3.39. The first-order chi connectivity index (χ1) is 14.0. The molecule has 0 atom stereocenters. The second kappa shape index (κ2) is 7.56. The van der Waals surface area contributed by atoms with Gasteiger partial charge in [-0.1, -0.05) is 48.5 Å². The van der Waals surface area contributed by atoms with Crippen LogP contribution in [0.4, 0.5) is 5.69 Å². The molecular weight excluding hydrogens is 362 g/mol. The number of benzene rings is 3. The minimum atomic E-state index is -0.508. The zero-order chi connectivity index (χ0) is 20.4. The maximum absolute atomic E-state index is 13.2. The van der Waals surface area contributed by atoms with Gasteiger partial charge in [0.1, 0.15) is 0 Å². The highest BCUT2D eigenvalue weighted by Crippen LogP contribution is 2.30. The maximum Gasteiger partial charge on any atom is 0.256 e. The highest BCUT2D eigenvalue weighted by atomic mass is 16.2. The number of nitrogens with two attached hydrogens (primary N) is 1. The molecule has 3 N–H and O–H groups in total. The smallest absolute Gasteiger partial charge is 0.256 e. The number of rotatable bonds is 4. The van der Waals surface area contributed by atoms with E-state index in [0.717, 1.165) is 27.7 Å². The van der Waals surface area contributed by atoms with Crippen molar-refractivity contribution in [1.29, 1.82) is 0 Å². The molecule has 0 saturated carbocycles. The third kappa shape index (κ3) is 3.58. The van der Waals surface area contributed by atoms with E-state index in [2.05, 4.69) is 5.32 Å². The summed E-state index contributed by atoms with van der Waals surface area (Å²) in [5.41, 5.74) is 10.1. The molecule has 4 rings (SSSR count). The normalized spacial score (nSPS) is 10.7. The van der Waals surface area contributed by atoms with Gasteiger partial charge in [0.25, 0.3) is 5.91 Å². The Hall–Kier alpha value is -3.99. The Labute approximate surface area is 168 Å². The van der Waals surface area contributed by atoms with Gasteiger partial charge in [-0.3, -0.25) is 9.59 Å². The number of pyridine rings is 1. The molecule has 0 fully saturated rings. The lowest BCUT2D eigenvalue weighted by atomic mass is 9.97. The van der Waals surface area contributed by atoms with Crippen LogP contribution < -0.4 is 11.1 Å². The summed E-state index contributed by atoms with van der Waals surface area (Å²) in [5, 5.41) is 3.71. The zero-order valence-electron chi connectivity index (χ0n) is 15.8. The lowest BCUT2D eigenvalue weighted by Gasteiger charge is -2.15. The molecule has 5 nitrogen and oxygen atoms in total. The van der Waals surface area contributed by atoms with Crippen molar-refractivity contribution >= 4 is 28.4 Å². The number of fused-ring (bicyclic) bond motifs is 1. The lowest BCUT2D eigenvalue weighted by Crippen LogP contribution is -2.16. The van der Waals surface area contributed by atoms with Crippen LogP contribution in [-0.4, -0.2) is 16.8 Å². The number of amides is 2. The molecule has 3 aromatic carbocycles. The minimum absolute atomic E-state index is 0.231. The van der Waals surface area contributed by atoms with Crippen molar-refractivity contribution in [2.45, 2.75) is 6.92 Å². The van der Waals surface area contributed by atoms with E-state index in [-0.39, 0.29) is 5.91 Å². The summed E-state index contributed by atoms with van der Waals surface area (Å²) in [6, 6.07) is 23.9. The molecule has 2 amide bonds. The lowest BCUT2D eigenvalue weighted by molar-refractivity contribution is 0.0998. The zero-order valence-corrected chi connectivity index (χ0v) is 15.8. The van der Waals surface area contributed by atoms with Gasteiger partial charge in [-0.25, -0.2) is 4.98 Å². The molecule has 142 valence electrons. The number of hydrogen-bond donors (Lipinski definition) is 2. The van der Waals surface area contributed by atoms with E-state index in [1.165, 1.54) is 0 Å². The van der Waals surface area contributed by atoms with Crippen LogP contribution in [0.25, 0.3) is 22.2 Å². The number of carbonyl (C=O) groups excluding carboxylic acids is 2. The molecule has 29 heavy (non-hydrogen) atoms. The Kier molecular flexibility index (Phi) is 4.79. The van der Waals surface area contributed by atoms with Crippen molar-refractivity contribution in [2.24, 2.45) is 5.73 Å².